The predicted octanol–water partition coefficient (Wildman–Crippen LogP) is 3.73. The fraction of sp³-hybridized carbons (Fsp3) is 0.625. The average Bonchev–Trinajstić information content (AvgIpc) is 2.39. The van der Waals surface area contributed by atoms with Crippen LogP contribution in [0.15, 0.2) is 24.3 Å². The first kappa shape index (κ1) is 18.0. The highest BCUT2D eigenvalue weighted by molar-refractivity contribution is 5.25. The molecule has 0 bridgehead atoms. The zero-order valence-corrected chi connectivity index (χ0v) is 13.0. The monoisotopic (exact) mass is 303 g/mol. The molecular formula is C16H24F3NO. The second-order valence-corrected chi connectivity index (χ2v) is 5.74. The number of alkyl halides is 3. The molecule has 21 heavy (non-hydrogen) atoms. The third-order valence-corrected chi connectivity index (χ3v) is 4.10. The highest BCUT2D eigenvalue weighted by Gasteiger charge is 2.33. The van der Waals surface area contributed by atoms with E-state index in [1.54, 1.807) is 0 Å². The lowest BCUT2D eigenvalue weighted by atomic mass is 9.89. The van der Waals surface area contributed by atoms with E-state index in [0.717, 1.165) is 25.2 Å². The van der Waals surface area contributed by atoms with Crippen molar-refractivity contribution in [1.29, 1.82) is 0 Å². The van der Waals surface area contributed by atoms with E-state index in [2.05, 4.69) is 4.90 Å². The Bertz CT molecular complexity index is 436. The molecule has 1 aromatic rings. The van der Waals surface area contributed by atoms with Crippen LogP contribution in [0.1, 0.15) is 38.8 Å². The van der Waals surface area contributed by atoms with E-state index in [1.807, 2.05) is 27.7 Å². The maximum atomic E-state index is 12.5. The molecule has 1 aromatic carbocycles. The van der Waals surface area contributed by atoms with E-state index in [4.69, 9.17) is 0 Å². The molecule has 0 fully saturated rings. The zero-order chi connectivity index (χ0) is 16.3. The van der Waals surface area contributed by atoms with Gasteiger partial charge < -0.3 is 5.11 Å². The van der Waals surface area contributed by atoms with Gasteiger partial charge in [-0.3, -0.25) is 4.90 Å². The Morgan fingerprint density at radius 3 is 1.90 bits per heavy atom. The van der Waals surface area contributed by atoms with Crippen LogP contribution in [0, 0.1) is 0 Å². The molecule has 0 aromatic heterocycles. The molecule has 0 spiro atoms. The molecular weight excluding hydrogens is 279 g/mol. The summed E-state index contributed by atoms with van der Waals surface area (Å²) in [7, 11) is 0. The van der Waals surface area contributed by atoms with E-state index >= 15 is 0 Å². The number of hydrogen-bond acceptors (Lipinski definition) is 2. The van der Waals surface area contributed by atoms with Crippen LogP contribution >= 0.6 is 0 Å². The van der Waals surface area contributed by atoms with Gasteiger partial charge in [-0.15, -0.1) is 0 Å². The van der Waals surface area contributed by atoms with Crippen molar-refractivity contribution in [3.8, 4) is 0 Å². The molecule has 0 aliphatic carbocycles. The van der Waals surface area contributed by atoms with Gasteiger partial charge in [-0.1, -0.05) is 26.0 Å². The normalized spacial score (nSPS) is 14.5. The Morgan fingerprint density at radius 2 is 1.52 bits per heavy atom. The summed E-state index contributed by atoms with van der Waals surface area (Å²) < 4.78 is 37.5. The van der Waals surface area contributed by atoms with Crippen LogP contribution in [0.4, 0.5) is 13.2 Å². The lowest BCUT2D eigenvalue weighted by Gasteiger charge is -2.41. The fourth-order valence-electron chi connectivity index (χ4n) is 2.55. The first-order valence-electron chi connectivity index (χ1n) is 7.22. The SMILES string of the molecule is CCN(CC)C(C)(C)C(O)Cc1ccc(C(F)(F)F)cc1. The summed E-state index contributed by atoms with van der Waals surface area (Å²) in [5.74, 6) is 0. The smallest absolute Gasteiger partial charge is 0.391 e. The van der Waals surface area contributed by atoms with Gasteiger partial charge >= 0.3 is 6.18 Å². The maximum Gasteiger partial charge on any atom is 0.416 e. The summed E-state index contributed by atoms with van der Waals surface area (Å²) >= 11 is 0. The maximum absolute atomic E-state index is 12.5. The summed E-state index contributed by atoms with van der Waals surface area (Å²) in [5, 5.41) is 10.4. The minimum atomic E-state index is -4.32. The van der Waals surface area contributed by atoms with Crippen molar-refractivity contribution in [2.45, 2.75) is 51.9 Å². The third kappa shape index (κ3) is 4.45. The van der Waals surface area contributed by atoms with Crippen LogP contribution in [0.2, 0.25) is 0 Å². The molecule has 0 radical (unpaired) electrons. The Morgan fingerprint density at radius 1 is 1.05 bits per heavy atom. The predicted molar refractivity (Wildman–Crippen MR) is 78.2 cm³/mol. The fourth-order valence-corrected chi connectivity index (χ4v) is 2.55. The Balaban J connectivity index is 2.81. The Kier molecular flexibility index (Phi) is 5.82. The number of halogens is 3. The van der Waals surface area contributed by atoms with Crippen molar-refractivity contribution in [2.75, 3.05) is 13.1 Å². The minimum absolute atomic E-state index is 0.335. The standard InChI is InChI=1S/C16H24F3NO/c1-5-20(6-2)15(3,4)14(21)11-12-7-9-13(10-8-12)16(17,18)19/h7-10,14,21H,5-6,11H2,1-4H3. The first-order valence-corrected chi connectivity index (χ1v) is 7.22. The molecule has 0 aliphatic heterocycles. The Hall–Kier alpha value is -1.07. The van der Waals surface area contributed by atoms with E-state index in [1.165, 1.54) is 12.1 Å². The van der Waals surface area contributed by atoms with E-state index in [9.17, 15) is 18.3 Å². The molecule has 0 saturated heterocycles. The number of benzene rings is 1. The third-order valence-electron chi connectivity index (χ3n) is 4.10. The molecule has 120 valence electrons. The second kappa shape index (κ2) is 6.79. The summed E-state index contributed by atoms with van der Waals surface area (Å²) in [5.41, 5.74) is -0.383. The summed E-state index contributed by atoms with van der Waals surface area (Å²) in [6.45, 7) is 9.58. The van der Waals surface area contributed by atoms with E-state index in [-0.39, 0.29) is 0 Å². The van der Waals surface area contributed by atoms with Crippen molar-refractivity contribution in [3.63, 3.8) is 0 Å². The highest BCUT2D eigenvalue weighted by Crippen LogP contribution is 2.29. The molecule has 1 unspecified atom stereocenters. The van der Waals surface area contributed by atoms with Gasteiger partial charge in [0, 0.05) is 12.0 Å². The summed E-state index contributed by atoms with van der Waals surface area (Å²) in [6.07, 6.45) is -4.63. The van der Waals surface area contributed by atoms with Gasteiger partial charge in [0.1, 0.15) is 0 Å². The molecule has 2 nitrogen and oxygen atoms in total. The van der Waals surface area contributed by atoms with Gasteiger partial charge in [-0.2, -0.15) is 13.2 Å². The van der Waals surface area contributed by atoms with Crippen LogP contribution in [-0.2, 0) is 12.6 Å². The largest absolute Gasteiger partial charge is 0.416 e. The second-order valence-electron chi connectivity index (χ2n) is 5.74. The van der Waals surface area contributed by atoms with Crippen LogP contribution in [0.5, 0.6) is 0 Å². The van der Waals surface area contributed by atoms with E-state index < -0.39 is 23.4 Å². The molecule has 0 saturated carbocycles. The van der Waals surface area contributed by atoms with Crippen LogP contribution in [0.3, 0.4) is 0 Å². The number of nitrogens with zero attached hydrogens (tertiary/aromatic N) is 1. The van der Waals surface area contributed by atoms with Crippen molar-refractivity contribution >= 4 is 0 Å². The number of rotatable bonds is 6. The molecule has 1 atom stereocenters. The number of aliphatic hydroxyl groups is 1. The van der Waals surface area contributed by atoms with Crippen molar-refractivity contribution < 1.29 is 18.3 Å². The van der Waals surface area contributed by atoms with Gasteiger partial charge in [-0.05, 0) is 44.6 Å². The van der Waals surface area contributed by atoms with Gasteiger partial charge in [0.25, 0.3) is 0 Å². The Labute approximate surface area is 124 Å². The van der Waals surface area contributed by atoms with Gasteiger partial charge in [-0.25, -0.2) is 0 Å². The number of aliphatic hydroxyl groups excluding tert-OH is 1. The van der Waals surface area contributed by atoms with Crippen molar-refractivity contribution in [2.24, 2.45) is 0 Å². The zero-order valence-electron chi connectivity index (χ0n) is 13.0. The molecule has 1 rings (SSSR count). The molecule has 5 heteroatoms. The minimum Gasteiger partial charge on any atom is -0.391 e. The molecule has 0 amide bonds. The lowest BCUT2D eigenvalue weighted by molar-refractivity contribution is -0.137. The van der Waals surface area contributed by atoms with Crippen molar-refractivity contribution in [1.82, 2.24) is 4.90 Å². The van der Waals surface area contributed by atoms with Crippen LogP contribution < -0.4 is 0 Å². The summed E-state index contributed by atoms with van der Waals surface area (Å²) in [4.78, 5) is 2.14. The van der Waals surface area contributed by atoms with Crippen LogP contribution in [0.25, 0.3) is 0 Å². The quantitative estimate of drug-likeness (QED) is 0.865. The van der Waals surface area contributed by atoms with E-state index in [0.29, 0.717) is 12.0 Å². The number of hydrogen-bond donors (Lipinski definition) is 1. The number of likely N-dealkylation sites (N-methyl/N-ethyl adjacent to an activating group) is 1. The summed E-state index contributed by atoms with van der Waals surface area (Å²) in [6, 6.07) is 4.99. The van der Waals surface area contributed by atoms with Gasteiger partial charge in [0.2, 0.25) is 0 Å². The van der Waals surface area contributed by atoms with Gasteiger partial charge in [0.05, 0.1) is 11.7 Å². The molecule has 1 N–H and O–H groups in total. The molecule has 0 heterocycles. The average molecular weight is 303 g/mol. The van der Waals surface area contributed by atoms with Gasteiger partial charge in [0.15, 0.2) is 0 Å². The topological polar surface area (TPSA) is 23.5 Å². The molecule has 0 aliphatic rings. The first-order chi connectivity index (χ1) is 9.62. The highest BCUT2D eigenvalue weighted by atomic mass is 19.4. The lowest BCUT2D eigenvalue weighted by Crippen LogP contribution is -2.53. The van der Waals surface area contributed by atoms with Crippen LogP contribution in [-0.4, -0.2) is 34.7 Å². The van der Waals surface area contributed by atoms with Crippen molar-refractivity contribution in [3.05, 3.63) is 35.4 Å².